The first-order valence-corrected chi connectivity index (χ1v) is 5.85. The van der Waals surface area contributed by atoms with Crippen LogP contribution in [-0.4, -0.2) is 0 Å². The van der Waals surface area contributed by atoms with Crippen LogP contribution < -0.4 is 0 Å². The van der Waals surface area contributed by atoms with Gasteiger partial charge in [0, 0.05) is 0 Å². The number of hydrogen-bond donors (Lipinski definition) is 0. The van der Waals surface area contributed by atoms with Gasteiger partial charge in [-0.1, -0.05) is 44.3 Å². The Labute approximate surface area is 87.8 Å². The van der Waals surface area contributed by atoms with E-state index in [0.717, 1.165) is 19.3 Å². The maximum atomic E-state index is 9.30. The average molecular weight is 191 g/mol. The normalized spacial score (nSPS) is 22.6. The SMILES string of the molecule is C/C=C/CC1(C#N)CCCCCCC1. The van der Waals surface area contributed by atoms with E-state index in [0.29, 0.717) is 0 Å². The summed E-state index contributed by atoms with van der Waals surface area (Å²) in [6.07, 6.45) is 13.9. The summed E-state index contributed by atoms with van der Waals surface area (Å²) in [7, 11) is 0. The van der Waals surface area contributed by atoms with Crippen LogP contribution in [0.3, 0.4) is 0 Å². The molecule has 0 aliphatic heterocycles. The van der Waals surface area contributed by atoms with Crippen LogP contribution in [0.5, 0.6) is 0 Å². The van der Waals surface area contributed by atoms with Crippen molar-refractivity contribution < 1.29 is 0 Å². The molecule has 0 aromatic heterocycles. The number of nitrogens with zero attached hydrogens (tertiary/aromatic N) is 1. The van der Waals surface area contributed by atoms with Crippen molar-refractivity contribution in [3.63, 3.8) is 0 Å². The maximum absolute atomic E-state index is 9.30. The molecule has 78 valence electrons. The van der Waals surface area contributed by atoms with E-state index in [-0.39, 0.29) is 5.41 Å². The molecule has 0 amide bonds. The summed E-state index contributed by atoms with van der Waals surface area (Å²) in [4.78, 5) is 0. The van der Waals surface area contributed by atoms with Gasteiger partial charge >= 0.3 is 0 Å². The topological polar surface area (TPSA) is 23.8 Å². The van der Waals surface area contributed by atoms with E-state index in [4.69, 9.17) is 0 Å². The molecule has 0 N–H and O–H groups in total. The lowest BCUT2D eigenvalue weighted by molar-refractivity contribution is 0.292. The Kier molecular flexibility index (Phi) is 4.73. The van der Waals surface area contributed by atoms with E-state index in [2.05, 4.69) is 18.2 Å². The van der Waals surface area contributed by atoms with Crippen molar-refractivity contribution in [1.82, 2.24) is 0 Å². The molecule has 0 saturated heterocycles. The molecule has 0 aromatic rings. The van der Waals surface area contributed by atoms with Crippen molar-refractivity contribution >= 4 is 0 Å². The van der Waals surface area contributed by atoms with Crippen LogP contribution in [0.4, 0.5) is 0 Å². The van der Waals surface area contributed by atoms with Crippen LogP contribution in [-0.2, 0) is 0 Å². The summed E-state index contributed by atoms with van der Waals surface area (Å²) in [6, 6.07) is 2.57. The fraction of sp³-hybridized carbons (Fsp3) is 0.769. The first-order valence-electron chi connectivity index (χ1n) is 5.85. The highest BCUT2D eigenvalue weighted by atomic mass is 14.4. The van der Waals surface area contributed by atoms with Gasteiger partial charge < -0.3 is 0 Å². The molecular weight excluding hydrogens is 170 g/mol. The molecular formula is C13H21N. The van der Waals surface area contributed by atoms with Gasteiger partial charge in [0.2, 0.25) is 0 Å². The molecule has 0 unspecified atom stereocenters. The molecule has 1 rings (SSSR count). The number of nitriles is 1. The van der Waals surface area contributed by atoms with Gasteiger partial charge in [0.25, 0.3) is 0 Å². The molecule has 1 fully saturated rings. The number of hydrogen-bond acceptors (Lipinski definition) is 1. The largest absolute Gasteiger partial charge is 0.198 e. The van der Waals surface area contributed by atoms with E-state index < -0.39 is 0 Å². The van der Waals surface area contributed by atoms with Gasteiger partial charge in [0.1, 0.15) is 0 Å². The molecule has 0 spiro atoms. The Morgan fingerprint density at radius 1 is 1.14 bits per heavy atom. The quantitative estimate of drug-likeness (QED) is 0.600. The lowest BCUT2D eigenvalue weighted by Crippen LogP contribution is -2.19. The molecule has 0 aromatic carbocycles. The van der Waals surface area contributed by atoms with Crippen molar-refractivity contribution in [2.75, 3.05) is 0 Å². The molecule has 1 saturated carbocycles. The third kappa shape index (κ3) is 3.18. The highest BCUT2D eigenvalue weighted by Gasteiger charge is 2.28. The first kappa shape index (κ1) is 11.3. The summed E-state index contributed by atoms with van der Waals surface area (Å²) in [5.41, 5.74) is -0.0348. The van der Waals surface area contributed by atoms with Gasteiger partial charge in [-0.25, -0.2) is 0 Å². The van der Waals surface area contributed by atoms with E-state index >= 15 is 0 Å². The zero-order chi connectivity index (χ0) is 10.3. The minimum Gasteiger partial charge on any atom is -0.198 e. The predicted molar refractivity (Wildman–Crippen MR) is 59.8 cm³/mol. The smallest absolute Gasteiger partial charge is 0.0693 e. The summed E-state index contributed by atoms with van der Waals surface area (Å²) in [5, 5.41) is 9.30. The zero-order valence-corrected chi connectivity index (χ0v) is 9.26. The summed E-state index contributed by atoms with van der Waals surface area (Å²) in [5.74, 6) is 0. The molecule has 0 heterocycles. The summed E-state index contributed by atoms with van der Waals surface area (Å²) < 4.78 is 0. The van der Waals surface area contributed by atoms with Crippen molar-refractivity contribution in [3.8, 4) is 6.07 Å². The number of allylic oxidation sites excluding steroid dienone is 2. The monoisotopic (exact) mass is 191 g/mol. The van der Waals surface area contributed by atoms with Crippen LogP contribution in [0.2, 0.25) is 0 Å². The molecule has 14 heavy (non-hydrogen) atoms. The van der Waals surface area contributed by atoms with Crippen LogP contribution >= 0.6 is 0 Å². The molecule has 1 aliphatic rings. The Morgan fingerprint density at radius 2 is 1.71 bits per heavy atom. The second kappa shape index (κ2) is 5.86. The van der Waals surface area contributed by atoms with Crippen molar-refractivity contribution in [1.29, 1.82) is 5.26 Å². The maximum Gasteiger partial charge on any atom is 0.0693 e. The molecule has 1 aliphatic carbocycles. The van der Waals surface area contributed by atoms with Crippen LogP contribution in [0.25, 0.3) is 0 Å². The Hall–Kier alpha value is -0.770. The summed E-state index contributed by atoms with van der Waals surface area (Å²) >= 11 is 0. The Balaban J connectivity index is 2.58. The fourth-order valence-corrected chi connectivity index (χ4v) is 2.29. The van der Waals surface area contributed by atoms with E-state index in [9.17, 15) is 5.26 Å². The average Bonchev–Trinajstić information content (AvgIpc) is 2.18. The lowest BCUT2D eigenvalue weighted by Gasteiger charge is -2.27. The third-order valence-electron chi connectivity index (χ3n) is 3.29. The van der Waals surface area contributed by atoms with E-state index in [1.165, 1.54) is 32.1 Å². The summed E-state index contributed by atoms with van der Waals surface area (Å²) in [6.45, 7) is 2.04. The highest BCUT2D eigenvalue weighted by Crippen LogP contribution is 2.36. The second-order valence-corrected chi connectivity index (χ2v) is 4.43. The van der Waals surface area contributed by atoms with Gasteiger partial charge in [-0.2, -0.15) is 5.26 Å². The van der Waals surface area contributed by atoms with Gasteiger partial charge in [-0.15, -0.1) is 0 Å². The second-order valence-electron chi connectivity index (χ2n) is 4.43. The Bertz CT molecular complexity index is 214. The standard InChI is InChI=1S/C13H21N/c1-2-3-9-13(12-14)10-7-5-4-6-8-11-13/h2-3H,4-11H2,1H3/b3-2+. The molecule has 0 atom stereocenters. The molecule has 0 radical (unpaired) electrons. The van der Waals surface area contributed by atoms with Crippen molar-refractivity contribution in [3.05, 3.63) is 12.2 Å². The van der Waals surface area contributed by atoms with Crippen LogP contribution in [0, 0.1) is 16.7 Å². The van der Waals surface area contributed by atoms with Gasteiger partial charge in [0.15, 0.2) is 0 Å². The van der Waals surface area contributed by atoms with Gasteiger partial charge in [-0.05, 0) is 26.2 Å². The minimum absolute atomic E-state index is 0.0348. The molecule has 1 heteroatoms. The van der Waals surface area contributed by atoms with E-state index in [1.54, 1.807) is 0 Å². The highest BCUT2D eigenvalue weighted by molar-refractivity contribution is 5.03. The number of rotatable bonds is 2. The third-order valence-corrected chi connectivity index (χ3v) is 3.29. The molecule has 1 nitrogen and oxygen atoms in total. The predicted octanol–water partition coefficient (Wildman–Crippen LogP) is 4.21. The van der Waals surface area contributed by atoms with Crippen molar-refractivity contribution in [2.24, 2.45) is 5.41 Å². The lowest BCUT2D eigenvalue weighted by atomic mass is 9.75. The van der Waals surface area contributed by atoms with Crippen molar-refractivity contribution in [2.45, 2.75) is 58.3 Å². The Morgan fingerprint density at radius 3 is 2.21 bits per heavy atom. The first-order chi connectivity index (χ1) is 6.83. The van der Waals surface area contributed by atoms with E-state index in [1.807, 2.05) is 6.92 Å². The zero-order valence-electron chi connectivity index (χ0n) is 9.26. The van der Waals surface area contributed by atoms with Crippen LogP contribution in [0.15, 0.2) is 12.2 Å². The molecule has 0 bridgehead atoms. The minimum atomic E-state index is -0.0348. The fourth-order valence-electron chi connectivity index (χ4n) is 2.29. The van der Waals surface area contributed by atoms with Gasteiger partial charge in [-0.3, -0.25) is 0 Å². The van der Waals surface area contributed by atoms with Gasteiger partial charge in [0.05, 0.1) is 11.5 Å². The van der Waals surface area contributed by atoms with Crippen LogP contribution in [0.1, 0.15) is 58.3 Å².